The molecular formula is C22H22NO3P. The van der Waals surface area contributed by atoms with Crippen LogP contribution in [0.15, 0.2) is 91.0 Å². The van der Waals surface area contributed by atoms with Crippen molar-refractivity contribution in [1.82, 2.24) is 5.09 Å². The Bertz CT molecular complexity index is 871. The Balaban J connectivity index is 2.06. The van der Waals surface area contributed by atoms with Crippen LogP contribution in [0.1, 0.15) is 18.0 Å². The number of hydrogen-bond acceptors (Lipinski definition) is 3. The minimum absolute atomic E-state index is 0.0875. The minimum Gasteiger partial charge on any atom is -0.469 e. The van der Waals surface area contributed by atoms with Gasteiger partial charge in [0.1, 0.15) is 0 Å². The molecule has 0 heterocycles. The summed E-state index contributed by atoms with van der Waals surface area (Å²) in [4.78, 5) is 12.0. The number of esters is 1. The van der Waals surface area contributed by atoms with Crippen molar-refractivity contribution in [3.63, 3.8) is 0 Å². The summed E-state index contributed by atoms with van der Waals surface area (Å²) in [6.07, 6.45) is 0.0875. The monoisotopic (exact) mass is 379 g/mol. The van der Waals surface area contributed by atoms with Gasteiger partial charge in [0.05, 0.1) is 13.5 Å². The van der Waals surface area contributed by atoms with Crippen molar-refractivity contribution in [2.24, 2.45) is 0 Å². The SMILES string of the molecule is COC(=O)CC(NP(=O)(c1ccccc1)c1ccccc1)c1ccccc1. The maximum atomic E-state index is 14.2. The van der Waals surface area contributed by atoms with Gasteiger partial charge in [0.2, 0.25) is 7.29 Å². The van der Waals surface area contributed by atoms with E-state index >= 15 is 0 Å². The first-order chi connectivity index (χ1) is 13.1. The second-order valence-electron chi connectivity index (χ2n) is 6.15. The first-order valence-corrected chi connectivity index (χ1v) is 10.4. The third kappa shape index (κ3) is 4.54. The van der Waals surface area contributed by atoms with Crippen LogP contribution in [0.2, 0.25) is 0 Å². The van der Waals surface area contributed by atoms with Crippen LogP contribution in [0, 0.1) is 0 Å². The highest BCUT2D eigenvalue weighted by molar-refractivity contribution is 7.76. The lowest BCUT2D eigenvalue weighted by Crippen LogP contribution is -2.32. The fourth-order valence-corrected chi connectivity index (χ4v) is 5.43. The highest BCUT2D eigenvalue weighted by Crippen LogP contribution is 2.42. The number of rotatable bonds is 7. The Hall–Kier alpha value is -2.68. The van der Waals surface area contributed by atoms with Gasteiger partial charge < -0.3 is 4.74 Å². The maximum absolute atomic E-state index is 14.2. The van der Waals surface area contributed by atoms with E-state index in [2.05, 4.69) is 5.09 Å². The van der Waals surface area contributed by atoms with E-state index < -0.39 is 13.3 Å². The van der Waals surface area contributed by atoms with E-state index in [1.54, 1.807) is 0 Å². The lowest BCUT2D eigenvalue weighted by atomic mass is 10.1. The molecule has 0 aliphatic heterocycles. The van der Waals surface area contributed by atoms with Gasteiger partial charge in [-0.3, -0.25) is 14.4 Å². The number of hydrogen-bond donors (Lipinski definition) is 1. The summed E-state index contributed by atoms with van der Waals surface area (Å²) in [5, 5.41) is 4.69. The molecular weight excluding hydrogens is 357 g/mol. The van der Waals surface area contributed by atoms with Crippen LogP contribution in [0.4, 0.5) is 0 Å². The second kappa shape index (κ2) is 8.81. The maximum Gasteiger partial charge on any atom is 0.307 e. The Labute approximate surface area is 159 Å². The van der Waals surface area contributed by atoms with Gasteiger partial charge >= 0.3 is 5.97 Å². The first kappa shape index (κ1) is 19.1. The molecule has 4 nitrogen and oxygen atoms in total. The molecule has 0 radical (unpaired) electrons. The average molecular weight is 379 g/mol. The Morgan fingerprint density at radius 1 is 0.852 bits per heavy atom. The van der Waals surface area contributed by atoms with Crippen molar-refractivity contribution in [3.8, 4) is 0 Å². The standard InChI is InChI=1S/C22H22NO3P/c1-26-22(24)17-21(18-11-5-2-6-12-18)23-27(25,19-13-7-3-8-14-19)20-15-9-4-10-16-20/h2-16,21H,17H2,1H3,(H,23,25). The van der Waals surface area contributed by atoms with Crippen LogP contribution >= 0.6 is 7.29 Å². The summed E-state index contributed by atoms with van der Waals surface area (Å²) in [6.45, 7) is 0. The molecule has 0 bridgehead atoms. The van der Waals surface area contributed by atoms with Gasteiger partial charge in [-0.25, -0.2) is 0 Å². The molecule has 3 aromatic rings. The molecule has 5 heteroatoms. The highest BCUT2D eigenvalue weighted by Gasteiger charge is 2.31. The molecule has 0 saturated carbocycles. The van der Waals surface area contributed by atoms with Crippen LogP contribution in [0.5, 0.6) is 0 Å². The number of ether oxygens (including phenoxy) is 1. The Morgan fingerprint density at radius 3 is 1.74 bits per heavy atom. The predicted octanol–water partition coefficient (Wildman–Crippen LogP) is 3.81. The van der Waals surface area contributed by atoms with Gasteiger partial charge in [0.15, 0.2) is 0 Å². The number of nitrogens with one attached hydrogen (secondary N) is 1. The number of benzene rings is 3. The number of methoxy groups -OCH3 is 1. The molecule has 138 valence electrons. The van der Waals surface area contributed by atoms with Gasteiger partial charge in [-0.15, -0.1) is 0 Å². The van der Waals surface area contributed by atoms with Gasteiger partial charge in [0, 0.05) is 16.7 Å². The summed E-state index contributed by atoms with van der Waals surface area (Å²) < 4.78 is 19.1. The zero-order chi connectivity index (χ0) is 19.1. The van der Waals surface area contributed by atoms with Crippen molar-refractivity contribution in [3.05, 3.63) is 96.6 Å². The largest absolute Gasteiger partial charge is 0.469 e. The van der Waals surface area contributed by atoms with Crippen LogP contribution in [0.25, 0.3) is 0 Å². The highest BCUT2D eigenvalue weighted by atomic mass is 31.2. The van der Waals surface area contributed by atoms with E-state index in [0.717, 1.165) is 5.56 Å². The zero-order valence-electron chi connectivity index (χ0n) is 15.1. The van der Waals surface area contributed by atoms with Crippen LogP contribution in [-0.4, -0.2) is 13.1 Å². The second-order valence-corrected chi connectivity index (χ2v) is 8.66. The van der Waals surface area contributed by atoms with E-state index in [-0.39, 0.29) is 12.4 Å². The molecule has 1 atom stereocenters. The summed E-state index contributed by atoms with van der Waals surface area (Å²) in [5.74, 6) is -0.357. The van der Waals surface area contributed by atoms with E-state index in [1.807, 2.05) is 91.0 Å². The number of carbonyl (C=O) groups excluding carboxylic acids is 1. The third-order valence-corrected chi connectivity index (χ3v) is 7.10. The summed E-state index contributed by atoms with van der Waals surface area (Å²) in [6, 6.07) is 27.7. The van der Waals surface area contributed by atoms with E-state index in [4.69, 9.17) is 4.74 Å². The fourth-order valence-electron chi connectivity index (χ4n) is 2.97. The molecule has 1 unspecified atom stereocenters. The lowest BCUT2D eigenvalue weighted by Gasteiger charge is -2.27. The molecule has 0 spiro atoms. The van der Waals surface area contributed by atoms with Crippen LogP contribution in [-0.2, 0) is 14.1 Å². The summed E-state index contributed by atoms with van der Waals surface area (Å²) in [5.41, 5.74) is 0.884. The van der Waals surface area contributed by atoms with E-state index in [0.29, 0.717) is 10.6 Å². The van der Waals surface area contributed by atoms with Crippen molar-refractivity contribution < 1.29 is 14.1 Å². The van der Waals surface area contributed by atoms with Crippen LogP contribution < -0.4 is 15.7 Å². The minimum atomic E-state index is -3.17. The third-order valence-electron chi connectivity index (χ3n) is 4.38. The van der Waals surface area contributed by atoms with Crippen molar-refractivity contribution in [1.29, 1.82) is 0 Å². The average Bonchev–Trinajstić information content (AvgIpc) is 2.75. The van der Waals surface area contributed by atoms with Crippen molar-refractivity contribution in [2.45, 2.75) is 12.5 Å². The molecule has 3 aromatic carbocycles. The molecule has 0 fully saturated rings. The topological polar surface area (TPSA) is 55.4 Å². The number of carbonyl (C=O) groups is 1. The first-order valence-electron chi connectivity index (χ1n) is 8.74. The zero-order valence-corrected chi connectivity index (χ0v) is 16.0. The Morgan fingerprint density at radius 2 is 1.30 bits per heavy atom. The molecule has 0 aliphatic rings. The molecule has 0 aliphatic carbocycles. The van der Waals surface area contributed by atoms with Gasteiger partial charge in [-0.2, -0.15) is 0 Å². The lowest BCUT2D eigenvalue weighted by molar-refractivity contribution is -0.141. The van der Waals surface area contributed by atoms with Crippen molar-refractivity contribution in [2.75, 3.05) is 7.11 Å². The van der Waals surface area contributed by atoms with Crippen LogP contribution in [0.3, 0.4) is 0 Å². The summed E-state index contributed by atoms with van der Waals surface area (Å²) in [7, 11) is -1.81. The normalized spacial score (nSPS) is 12.3. The molecule has 3 rings (SSSR count). The molecule has 0 aromatic heterocycles. The fraction of sp³-hybridized carbons (Fsp3) is 0.136. The summed E-state index contributed by atoms with van der Waals surface area (Å²) >= 11 is 0. The van der Waals surface area contributed by atoms with E-state index in [1.165, 1.54) is 7.11 Å². The van der Waals surface area contributed by atoms with Crippen molar-refractivity contribution >= 4 is 23.9 Å². The molecule has 0 amide bonds. The van der Waals surface area contributed by atoms with Gasteiger partial charge in [0.25, 0.3) is 0 Å². The molecule has 0 saturated heterocycles. The van der Waals surface area contributed by atoms with Gasteiger partial charge in [-0.05, 0) is 29.8 Å². The van der Waals surface area contributed by atoms with E-state index in [9.17, 15) is 9.36 Å². The smallest absolute Gasteiger partial charge is 0.307 e. The predicted molar refractivity (Wildman–Crippen MR) is 109 cm³/mol. The Kier molecular flexibility index (Phi) is 6.23. The molecule has 1 N–H and O–H groups in total. The van der Waals surface area contributed by atoms with Gasteiger partial charge in [-0.1, -0.05) is 66.7 Å². The molecule has 27 heavy (non-hydrogen) atoms. The quantitative estimate of drug-likeness (QED) is 0.501.